The topological polar surface area (TPSA) is 39.3 Å². The van der Waals surface area contributed by atoms with Crippen LogP contribution in [0.25, 0.3) is 10.9 Å². The number of rotatable bonds is 5. The Morgan fingerprint density at radius 2 is 2.11 bits per heavy atom. The summed E-state index contributed by atoms with van der Waals surface area (Å²) in [4.78, 5) is 5.66. The van der Waals surface area contributed by atoms with Gasteiger partial charge in [-0.15, -0.1) is 0 Å². The van der Waals surface area contributed by atoms with E-state index < -0.39 is 0 Å². The number of nitrogens with zero attached hydrogens (tertiary/aromatic N) is 1. The molecule has 1 saturated carbocycles. The van der Waals surface area contributed by atoms with Crippen LogP contribution in [0.5, 0.6) is 0 Å². The first-order valence-corrected chi connectivity index (χ1v) is 7.07. The third-order valence-corrected chi connectivity index (χ3v) is 4.47. The van der Waals surface area contributed by atoms with E-state index in [1.807, 2.05) is 0 Å². The average molecular weight is 258 g/mol. The molecule has 0 amide bonds. The van der Waals surface area contributed by atoms with Crippen molar-refractivity contribution in [3.8, 4) is 0 Å². The van der Waals surface area contributed by atoms with E-state index in [2.05, 4.69) is 47.4 Å². The van der Waals surface area contributed by atoms with Gasteiger partial charge in [0.25, 0.3) is 0 Å². The van der Waals surface area contributed by atoms with Crippen LogP contribution in [0.1, 0.15) is 24.8 Å². The lowest BCUT2D eigenvalue weighted by Gasteiger charge is -2.43. The number of hydrogen-bond acceptors (Lipinski definition) is 2. The zero-order valence-corrected chi connectivity index (χ0v) is 11.5. The molecule has 2 aromatic rings. The number of hydrogen-bond donors (Lipinski definition) is 2. The molecule has 0 atom stereocenters. The molecule has 0 bridgehead atoms. The van der Waals surface area contributed by atoms with E-state index in [0.717, 1.165) is 13.1 Å². The Hall–Kier alpha value is -1.32. The molecule has 2 N–H and O–H groups in total. The summed E-state index contributed by atoms with van der Waals surface area (Å²) in [6, 6.07) is 8.42. The van der Waals surface area contributed by atoms with E-state index in [1.54, 1.807) is 0 Å². The highest BCUT2D eigenvalue weighted by Gasteiger charge is 2.37. The van der Waals surface area contributed by atoms with Crippen LogP contribution in [0, 0.1) is 5.41 Å². The lowest BCUT2D eigenvalue weighted by atomic mass is 9.69. The molecule has 102 valence electrons. The average Bonchev–Trinajstić information content (AvgIpc) is 2.78. The minimum Gasteiger partial charge on any atom is -0.396 e. The van der Waals surface area contributed by atoms with E-state index in [0.29, 0.717) is 6.61 Å². The fourth-order valence-corrected chi connectivity index (χ4v) is 3.22. The van der Waals surface area contributed by atoms with Gasteiger partial charge in [-0.05, 0) is 31.5 Å². The van der Waals surface area contributed by atoms with Crippen LogP contribution in [0.2, 0.25) is 0 Å². The molecule has 1 aliphatic rings. The normalized spacial score (nSPS) is 17.8. The highest BCUT2D eigenvalue weighted by atomic mass is 16.3. The molecule has 1 fully saturated rings. The minimum atomic E-state index is 0.168. The zero-order chi connectivity index (χ0) is 13.3. The van der Waals surface area contributed by atoms with Gasteiger partial charge in [0.2, 0.25) is 0 Å². The van der Waals surface area contributed by atoms with Gasteiger partial charge >= 0.3 is 0 Å². The van der Waals surface area contributed by atoms with Crippen molar-refractivity contribution < 1.29 is 5.11 Å². The van der Waals surface area contributed by atoms with Crippen molar-refractivity contribution in [1.29, 1.82) is 0 Å². The van der Waals surface area contributed by atoms with Gasteiger partial charge < -0.3 is 15.0 Å². The van der Waals surface area contributed by atoms with Crippen molar-refractivity contribution in [2.45, 2.75) is 25.8 Å². The summed E-state index contributed by atoms with van der Waals surface area (Å²) in [5.74, 6) is 0. The highest BCUT2D eigenvalue weighted by Crippen LogP contribution is 2.41. The van der Waals surface area contributed by atoms with Gasteiger partial charge in [0.1, 0.15) is 0 Å². The molecule has 1 heterocycles. The Morgan fingerprint density at radius 3 is 2.79 bits per heavy atom. The second kappa shape index (κ2) is 4.99. The summed E-state index contributed by atoms with van der Waals surface area (Å²) in [6.45, 7) is 2.25. The Morgan fingerprint density at radius 1 is 1.32 bits per heavy atom. The van der Waals surface area contributed by atoms with Gasteiger partial charge in [-0.25, -0.2) is 0 Å². The lowest BCUT2D eigenvalue weighted by Crippen LogP contribution is -2.43. The van der Waals surface area contributed by atoms with Gasteiger partial charge in [0, 0.05) is 42.2 Å². The van der Waals surface area contributed by atoms with Crippen molar-refractivity contribution in [2.24, 2.45) is 5.41 Å². The number of aromatic amines is 1. The Kier molecular flexibility index (Phi) is 3.33. The highest BCUT2D eigenvalue weighted by molar-refractivity contribution is 5.82. The first-order chi connectivity index (χ1) is 9.22. The summed E-state index contributed by atoms with van der Waals surface area (Å²) in [6.07, 6.45) is 5.71. The predicted molar refractivity (Wildman–Crippen MR) is 78.0 cm³/mol. The van der Waals surface area contributed by atoms with E-state index >= 15 is 0 Å². The Bertz CT molecular complexity index is 551. The predicted octanol–water partition coefficient (Wildman–Crippen LogP) is 2.76. The summed E-state index contributed by atoms with van der Waals surface area (Å²) in [7, 11) is 2.15. The van der Waals surface area contributed by atoms with Crippen molar-refractivity contribution in [3.63, 3.8) is 0 Å². The fraction of sp³-hybridized carbons (Fsp3) is 0.500. The lowest BCUT2D eigenvalue weighted by molar-refractivity contribution is 0.0128. The van der Waals surface area contributed by atoms with Crippen molar-refractivity contribution in [3.05, 3.63) is 36.0 Å². The van der Waals surface area contributed by atoms with E-state index in [1.165, 1.54) is 35.7 Å². The number of nitrogens with one attached hydrogen (secondary N) is 1. The maximum absolute atomic E-state index is 9.55. The third kappa shape index (κ3) is 2.40. The van der Waals surface area contributed by atoms with Gasteiger partial charge in [-0.2, -0.15) is 0 Å². The molecular formula is C16H22N2O. The first kappa shape index (κ1) is 12.7. The maximum Gasteiger partial charge on any atom is 0.0499 e. The molecular weight excluding hydrogens is 236 g/mol. The molecule has 1 aromatic heterocycles. The second-order valence-electron chi connectivity index (χ2n) is 6.04. The molecule has 1 aromatic carbocycles. The zero-order valence-electron chi connectivity index (χ0n) is 11.5. The third-order valence-electron chi connectivity index (χ3n) is 4.47. The standard InChI is InChI=1S/C16H22N2O/c1-18(11-16(12-19)7-4-8-16)10-13-9-17-15-6-3-2-5-14(13)15/h2-3,5-6,9,17,19H,4,7-8,10-12H2,1H3. The van der Waals surface area contributed by atoms with Gasteiger partial charge in [0.05, 0.1) is 0 Å². The van der Waals surface area contributed by atoms with Crippen molar-refractivity contribution in [2.75, 3.05) is 20.2 Å². The number of aromatic nitrogens is 1. The fourth-order valence-electron chi connectivity index (χ4n) is 3.22. The Balaban J connectivity index is 1.70. The van der Waals surface area contributed by atoms with E-state index in [4.69, 9.17) is 0 Å². The largest absolute Gasteiger partial charge is 0.396 e. The molecule has 1 aliphatic carbocycles. The van der Waals surface area contributed by atoms with Crippen molar-refractivity contribution >= 4 is 10.9 Å². The Labute approximate surface area is 114 Å². The SMILES string of the molecule is CN(Cc1c[nH]c2ccccc12)CC1(CO)CCC1. The van der Waals surface area contributed by atoms with E-state index in [-0.39, 0.29) is 5.41 Å². The number of aliphatic hydroxyl groups excluding tert-OH is 1. The minimum absolute atomic E-state index is 0.168. The molecule has 19 heavy (non-hydrogen) atoms. The number of fused-ring (bicyclic) bond motifs is 1. The number of para-hydroxylation sites is 1. The second-order valence-corrected chi connectivity index (χ2v) is 6.04. The molecule has 0 unspecified atom stereocenters. The van der Waals surface area contributed by atoms with Crippen LogP contribution in [0.4, 0.5) is 0 Å². The van der Waals surface area contributed by atoms with Gasteiger partial charge in [-0.3, -0.25) is 0 Å². The van der Waals surface area contributed by atoms with Crippen LogP contribution < -0.4 is 0 Å². The summed E-state index contributed by atoms with van der Waals surface area (Å²) >= 11 is 0. The van der Waals surface area contributed by atoms with Gasteiger partial charge in [-0.1, -0.05) is 24.6 Å². The number of aliphatic hydroxyl groups is 1. The van der Waals surface area contributed by atoms with Crippen LogP contribution in [0.15, 0.2) is 30.5 Å². The summed E-state index contributed by atoms with van der Waals surface area (Å²) in [5.41, 5.74) is 2.71. The summed E-state index contributed by atoms with van der Waals surface area (Å²) < 4.78 is 0. The number of H-pyrrole nitrogens is 1. The van der Waals surface area contributed by atoms with Crippen LogP contribution in [-0.2, 0) is 6.54 Å². The number of benzene rings is 1. The molecule has 0 saturated heterocycles. The quantitative estimate of drug-likeness (QED) is 0.865. The maximum atomic E-state index is 9.55. The molecule has 3 rings (SSSR count). The monoisotopic (exact) mass is 258 g/mol. The molecule has 0 aliphatic heterocycles. The van der Waals surface area contributed by atoms with Crippen LogP contribution >= 0.6 is 0 Å². The van der Waals surface area contributed by atoms with E-state index in [9.17, 15) is 5.11 Å². The molecule has 3 heteroatoms. The van der Waals surface area contributed by atoms with Crippen molar-refractivity contribution in [1.82, 2.24) is 9.88 Å². The van der Waals surface area contributed by atoms with Crippen LogP contribution in [0.3, 0.4) is 0 Å². The summed E-state index contributed by atoms with van der Waals surface area (Å²) in [5, 5.41) is 10.9. The van der Waals surface area contributed by atoms with Crippen LogP contribution in [-0.4, -0.2) is 35.2 Å². The molecule has 0 spiro atoms. The van der Waals surface area contributed by atoms with Gasteiger partial charge in [0.15, 0.2) is 0 Å². The molecule has 0 radical (unpaired) electrons. The smallest absolute Gasteiger partial charge is 0.0499 e. The first-order valence-electron chi connectivity index (χ1n) is 7.07. The molecule has 3 nitrogen and oxygen atoms in total.